The largest absolute Gasteiger partial charge is 0.330 e. The molecule has 0 aromatic rings. The van der Waals surface area contributed by atoms with Crippen LogP contribution in [0.1, 0.15) is 27.2 Å². The van der Waals surface area contributed by atoms with Crippen molar-refractivity contribution in [2.24, 2.45) is 11.7 Å². The van der Waals surface area contributed by atoms with E-state index >= 15 is 0 Å². The fourth-order valence-electron chi connectivity index (χ4n) is 1.42. The number of hydrogen-bond donors (Lipinski definition) is 1. The molecular formula is C10H25N3O2S. The topological polar surface area (TPSA) is 66.6 Å². The molecule has 98 valence electrons. The molecule has 0 aliphatic rings. The minimum atomic E-state index is -3.31. The summed E-state index contributed by atoms with van der Waals surface area (Å²) in [4.78, 5) is 0. The molecule has 0 saturated heterocycles. The summed E-state index contributed by atoms with van der Waals surface area (Å²) >= 11 is 0. The molecule has 0 amide bonds. The molecule has 0 spiro atoms. The van der Waals surface area contributed by atoms with E-state index in [-0.39, 0.29) is 0 Å². The number of nitrogens with zero attached hydrogens (tertiary/aromatic N) is 2. The van der Waals surface area contributed by atoms with Crippen molar-refractivity contribution in [2.45, 2.75) is 27.2 Å². The maximum atomic E-state index is 12.1. The highest BCUT2D eigenvalue weighted by Gasteiger charge is 2.25. The Labute approximate surface area is 99.8 Å². The average molecular weight is 251 g/mol. The quantitative estimate of drug-likeness (QED) is 0.683. The summed E-state index contributed by atoms with van der Waals surface area (Å²) in [5.41, 5.74) is 5.37. The van der Waals surface area contributed by atoms with Crippen LogP contribution in [0.15, 0.2) is 0 Å². The Morgan fingerprint density at radius 1 is 1.31 bits per heavy atom. The summed E-state index contributed by atoms with van der Waals surface area (Å²) in [5, 5.41) is 0. The van der Waals surface area contributed by atoms with Crippen molar-refractivity contribution >= 4 is 10.2 Å². The van der Waals surface area contributed by atoms with E-state index in [4.69, 9.17) is 5.73 Å². The monoisotopic (exact) mass is 251 g/mol. The predicted octanol–water partition coefficient (Wildman–Crippen LogP) is 0.490. The Morgan fingerprint density at radius 3 is 2.25 bits per heavy atom. The molecule has 0 aliphatic carbocycles. The summed E-state index contributed by atoms with van der Waals surface area (Å²) in [5.74, 6) is 0.331. The van der Waals surface area contributed by atoms with Crippen LogP contribution < -0.4 is 5.73 Å². The molecule has 0 aliphatic heterocycles. The third-order valence-corrected chi connectivity index (χ3v) is 4.35. The lowest BCUT2D eigenvalue weighted by molar-refractivity contribution is 0.339. The van der Waals surface area contributed by atoms with Crippen molar-refractivity contribution in [2.75, 3.05) is 33.2 Å². The van der Waals surface area contributed by atoms with Gasteiger partial charge in [0.25, 0.3) is 10.2 Å². The zero-order chi connectivity index (χ0) is 12.8. The average Bonchev–Trinajstić information content (AvgIpc) is 2.21. The van der Waals surface area contributed by atoms with Crippen molar-refractivity contribution in [3.63, 3.8) is 0 Å². The van der Waals surface area contributed by atoms with E-state index in [1.165, 1.54) is 8.61 Å². The van der Waals surface area contributed by atoms with E-state index in [0.717, 1.165) is 0 Å². The van der Waals surface area contributed by atoms with Gasteiger partial charge in [-0.1, -0.05) is 20.8 Å². The molecule has 0 saturated carbocycles. The number of hydrogen-bond acceptors (Lipinski definition) is 3. The maximum Gasteiger partial charge on any atom is 0.281 e. The van der Waals surface area contributed by atoms with Gasteiger partial charge in [0.05, 0.1) is 0 Å². The highest BCUT2D eigenvalue weighted by molar-refractivity contribution is 7.86. The van der Waals surface area contributed by atoms with Crippen molar-refractivity contribution < 1.29 is 8.42 Å². The Bertz CT molecular complexity index is 278. The van der Waals surface area contributed by atoms with Crippen molar-refractivity contribution in [1.29, 1.82) is 0 Å². The highest BCUT2D eigenvalue weighted by atomic mass is 32.2. The Morgan fingerprint density at radius 2 is 1.88 bits per heavy atom. The van der Waals surface area contributed by atoms with E-state index in [0.29, 0.717) is 38.5 Å². The van der Waals surface area contributed by atoms with Crippen LogP contribution in [-0.2, 0) is 10.2 Å². The minimum absolute atomic E-state index is 0.331. The first-order chi connectivity index (χ1) is 7.36. The van der Waals surface area contributed by atoms with Gasteiger partial charge in [0.2, 0.25) is 0 Å². The van der Waals surface area contributed by atoms with Crippen molar-refractivity contribution in [3.05, 3.63) is 0 Å². The summed E-state index contributed by atoms with van der Waals surface area (Å²) < 4.78 is 27.1. The van der Waals surface area contributed by atoms with Gasteiger partial charge in [-0.3, -0.25) is 0 Å². The van der Waals surface area contributed by atoms with Crippen LogP contribution in [0, 0.1) is 5.92 Å². The normalized spacial score (nSPS) is 13.0. The van der Waals surface area contributed by atoms with Crippen LogP contribution in [-0.4, -0.2) is 50.3 Å². The molecule has 0 aromatic heterocycles. The molecule has 0 rings (SSSR count). The summed E-state index contributed by atoms with van der Waals surface area (Å²) in [6, 6.07) is 0. The third-order valence-electron chi connectivity index (χ3n) is 2.32. The van der Waals surface area contributed by atoms with Gasteiger partial charge in [0.15, 0.2) is 0 Å². The first kappa shape index (κ1) is 15.8. The second kappa shape index (κ2) is 7.21. The molecule has 0 aromatic carbocycles. The number of rotatable bonds is 8. The van der Waals surface area contributed by atoms with Gasteiger partial charge in [0, 0.05) is 26.7 Å². The van der Waals surface area contributed by atoms with E-state index < -0.39 is 10.2 Å². The second-order valence-corrected chi connectivity index (χ2v) is 6.35. The zero-order valence-electron chi connectivity index (χ0n) is 10.8. The SMILES string of the molecule is CCN(CC(C)C)S(=O)(=O)N(C)CCCN. The van der Waals surface area contributed by atoms with Gasteiger partial charge in [0.1, 0.15) is 0 Å². The Balaban J connectivity index is 4.59. The van der Waals surface area contributed by atoms with Crippen LogP contribution in [0.4, 0.5) is 0 Å². The third kappa shape index (κ3) is 4.78. The fraction of sp³-hybridized carbons (Fsp3) is 1.00. The zero-order valence-corrected chi connectivity index (χ0v) is 11.6. The lowest BCUT2D eigenvalue weighted by Gasteiger charge is -2.27. The molecule has 0 fully saturated rings. The predicted molar refractivity (Wildman–Crippen MR) is 67.3 cm³/mol. The first-order valence-electron chi connectivity index (χ1n) is 5.77. The van der Waals surface area contributed by atoms with E-state index in [1.54, 1.807) is 7.05 Å². The standard InChI is InChI=1S/C10H25N3O2S/c1-5-13(9-10(2)3)16(14,15)12(4)8-6-7-11/h10H,5-9,11H2,1-4H3. The lowest BCUT2D eigenvalue weighted by Crippen LogP contribution is -2.44. The smallest absolute Gasteiger partial charge is 0.281 e. The molecular weight excluding hydrogens is 226 g/mol. The summed E-state index contributed by atoms with van der Waals surface area (Å²) in [7, 11) is -1.70. The van der Waals surface area contributed by atoms with E-state index in [2.05, 4.69) is 0 Å². The van der Waals surface area contributed by atoms with Gasteiger partial charge < -0.3 is 5.73 Å². The summed E-state index contributed by atoms with van der Waals surface area (Å²) in [6.07, 6.45) is 0.689. The van der Waals surface area contributed by atoms with Crippen LogP contribution in [0.5, 0.6) is 0 Å². The van der Waals surface area contributed by atoms with E-state index in [1.807, 2.05) is 20.8 Å². The molecule has 6 heteroatoms. The van der Waals surface area contributed by atoms with Crippen LogP contribution in [0.2, 0.25) is 0 Å². The molecule has 0 bridgehead atoms. The van der Waals surface area contributed by atoms with Crippen LogP contribution >= 0.6 is 0 Å². The Hall–Kier alpha value is -0.170. The van der Waals surface area contributed by atoms with Gasteiger partial charge in [-0.15, -0.1) is 0 Å². The van der Waals surface area contributed by atoms with Gasteiger partial charge >= 0.3 is 0 Å². The van der Waals surface area contributed by atoms with Crippen molar-refractivity contribution in [3.8, 4) is 0 Å². The molecule has 0 heterocycles. The van der Waals surface area contributed by atoms with E-state index in [9.17, 15) is 8.42 Å². The maximum absolute atomic E-state index is 12.1. The highest BCUT2D eigenvalue weighted by Crippen LogP contribution is 2.09. The second-order valence-electron chi connectivity index (χ2n) is 4.32. The fourth-order valence-corrected chi connectivity index (χ4v) is 2.99. The van der Waals surface area contributed by atoms with Crippen molar-refractivity contribution in [1.82, 2.24) is 8.61 Å². The van der Waals surface area contributed by atoms with Crippen LogP contribution in [0.25, 0.3) is 0 Å². The number of nitrogens with two attached hydrogens (primary N) is 1. The molecule has 16 heavy (non-hydrogen) atoms. The first-order valence-corrected chi connectivity index (χ1v) is 7.17. The van der Waals surface area contributed by atoms with Gasteiger partial charge in [-0.2, -0.15) is 17.0 Å². The molecule has 0 unspecified atom stereocenters. The molecule has 0 radical (unpaired) electrons. The summed E-state index contributed by atoms with van der Waals surface area (Å²) in [6.45, 7) is 7.94. The Kier molecular flexibility index (Phi) is 7.14. The van der Waals surface area contributed by atoms with Crippen LogP contribution in [0.3, 0.4) is 0 Å². The van der Waals surface area contributed by atoms with Gasteiger partial charge in [-0.25, -0.2) is 0 Å². The lowest BCUT2D eigenvalue weighted by atomic mass is 10.2. The minimum Gasteiger partial charge on any atom is -0.330 e. The molecule has 0 atom stereocenters. The molecule has 5 nitrogen and oxygen atoms in total. The molecule has 2 N–H and O–H groups in total. The van der Waals surface area contributed by atoms with Gasteiger partial charge in [-0.05, 0) is 18.9 Å².